The first-order valence-electron chi connectivity index (χ1n) is 4.24. The standard InChI is InChI=1S/C9H11N5/c1-11-14-6-2-3-8-7(4-6)9(10)13-5-12-8/h2-5,11,14H,1H3,(H2,10,12,13). The number of hydrazine groups is 1. The Hall–Kier alpha value is -1.88. The van der Waals surface area contributed by atoms with Crippen LogP contribution in [0.2, 0.25) is 0 Å². The van der Waals surface area contributed by atoms with E-state index in [2.05, 4.69) is 20.8 Å². The molecular weight excluding hydrogens is 178 g/mol. The Labute approximate surface area is 81.3 Å². The summed E-state index contributed by atoms with van der Waals surface area (Å²) >= 11 is 0. The van der Waals surface area contributed by atoms with Crippen molar-refractivity contribution >= 4 is 22.4 Å². The third-order valence-electron chi connectivity index (χ3n) is 1.94. The zero-order valence-electron chi connectivity index (χ0n) is 7.78. The van der Waals surface area contributed by atoms with Crippen molar-refractivity contribution in [3.05, 3.63) is 24.5 Å². The molecule has 1 aromatic heterocycles. The van der Waals surface area contributed by atoms with E-state index in [9.17, 15) is 0 Å². The Bertz CT molecular complexity index is 454. The molecule has 2 aromatic rings. The highest BCUT2D eigenvalue weighted by Crippen LogP contribution is 2.20. The van der Waals surface area contributed by atoms with Gasteiger partial charge >= 0.3 is 0 Å². The molecule has 0 atom stereocenters. The second kappa shape index (κ2) is 3.47. The van der Waals surface area contributed by atoms with Crippen LogP contribution in [0.3, 0.4) is 0 Å². The molecule has 72 valence electrons. The number of anilines is 2. The fourth-order valence-electron chi connectivity index (χ4n) is 1.30. The first kappa shape index (κ1) is 8.71. The summed E-state index contributed by atoms with van der Waals surface area (Å²) in [4.78, 5) is 8.03. The van der Waals surface area contributed by atoms with Gasteiger partial charge in [0.05, 0.1) is 5.52 Å². The van der Waals surface area contributed by atoms with Crippen molar-refractivity contribution in [1.29, 1.82) is 0 Å². The van der Waals surface area contributed by atoms with Gasteiger partial charge in [-0.15, -0.1) is 0 Å². The SMILES string of the molecule is CNNc1ccc2ncnc(N)c2c1. The van der Waals surface area contributed by atoms with Crippen LogP contribution in [0.15, 0.2) is 24.5 Å². The molecule has 0 spiro atoms. The number of nitrogen functional groups attached to an aromatic ring is 1. The molecule has 0 saturated heterocycles. The lowest BCUT2D eigenvalue weighted by Crippen LogP contribution is -2.14. The van der Waals surface area contributed by atoms with Crippen molar-refractivity contribution in [2.75, 3.05) is 18.2 Å². The molecule has 0 fully saturated rings. The molecule has 0 unspecified atom stereocenters. The molecule has 2 rings (SSSR count). The second-order valence-electron chi connectivity index (χ2n) is 2.87. The highest BCUT2D eigenvalue weighted by molar-refractivity contribution is 5.90. The number of hydrogen-bond acceptors (Lipinski definition) is 5. The van der Waals surface area contributed by atoms with Crippen LogP contribution in [0.4, 0.5) is 11.5 Å². The molecule has 1 aromatic carbocycles. The Morgan fingerprint density at radius 2 is 2.14 bits per heavy atom. The van der Waals surface area contributed by atoms with Crippen molar-refractivity contribution in [3.8, 4) is 0 Å². The van der Waals surface area contributed by atoms with Gasteiger partial charge < -0.3 is 11.2 Å². The quantitative estimate of drug-likeness (QED) is 0.608. The normalized spacial score (nSPS) is 10.4. The summed E-state index contributed by atoms with van der Waals surface area (Å²) in [5.74, 6) is 0.495. The lowest BCUT2D eigenvalue weighted by atomic mass is 10.2. The molecular formula is C9H11N5. The zero-order chi connectivity index (χ0) is 9.97. The summed E-state index contributed by atoms with van der Waals surface area (Å²) in [6, 6.07) is 5.72. The van der Waals surface area contributed by atoms with Crippen molar-refractivity contribution in [2.24, 2.45) is 0 Å². The van der Waals surface area contributed by atoms with Gasteiger partial charge in [0.1, 0.15) is 12.1 Å². The zero-order valence-corrected chi connectivity index (χ0v) is 7.78. The van der Waals surface area contributed by atoms with E-state index in [1.54, 1.807) is 7.05 Å². The van der Waals surface area contributed by atoms with Gasteiger partial charge in [-0.2, -0.15) is 0 Å². The van der Waals surface area contributed by atoms with Gasteiger partial charge in [-0.1, -0.05) is 0 Å². The maximum absolute atomic E-state index is 5.72. The van der Waals surface area contributed by atoms with Crippen LogP contribution >= 0.6 is 0 Å². The monoisotopic (exact) mass is 189 g/mol. The highest BCUT2D eigenvalue weighted by Gasteiger charge is 2.00. The van der Waals surface area contributed by atoms with Gasteiger partial charge in [-0.05, 0) is 18.2 Å². The summed E-state index contributed by atoms with van der Waals surface area (Å²) in [6.45, 7) is 0. The summed E-state index contributed by atoms with van der Waals surface area (Å²) in [5, 5.41) is 0.854. The van der Waals surface area contributed by atoms with Crippen molar-refractivity contribution in [1.82, 2.24) is 15.4 Å². The average molecular weight is 189 g/mol. The van der Waals surface area contributed by atoms with Crippen molar-refractivity contribution in [3.63, 3.8) is 0 Å². The Morgan fingerprint density at radius 1 is 1.29 bits per heavy atom. The van der Waals surface area contributed by atoms with E-state index in [-0.39, 0.29) is 0 Å². The molecule has 4 N–H and O–H groups in total. The van der Waals surface area contributed by atoms with Crippen LogP contribution in [-0.4, -0.2) is 17.0 Å². The molecule has 5 nitrogen and oxygen atoms in total. The number of benzene rings is 1. The highest BCUT2D eigenvalue weighted by atomic mass is 15.3. The maximum atomic E-state index is 5.72. The van der Waals surface area contributed by atoms with Crippen molar-refractivity contribution in [2.45, 2.75) is 0 Å². The van der Waals surface area contributed by atoms with Crippen LogP contribution in [-0.2, 0) is 0 Å². The van der Waals surface area contributed by atoms with E-state index in [1.165, 1.54) is 6.33 Å². The average Bonchev–Trinajstić information content (AvgIpc) is 2.20. The number of aromatic nitrogens is 2. The lowest BCUT2D eigenvalue weighted by Gasteiger charge is -2.05. The summed E-state index contributed by atoms with van der Waals surface area (Å²) in [5.41, 5.74) is 13.3. The third-order valence-corrected chi connectivity index (χ3v) is 1.94. The number of nitrogens with zero attached hydrogens (tertiary/aromatic N) is 2. The Kier molecular flexibility index (Phi) is 2.16. The molecule has 1 heterocycles. The predicted molar refractivity (Wildman–Crippen MR) is 56.6 cm³/mol. The van der Waals surface area contributed by atoms with E-state index in [0.29, 0.717) is 5.82 Å². The predicted octanol–water partition coefficient (Wildman–Crippen LogP) is 0.758. The smallest absolute Gasteiger partial charge is 0.134 e. The molecule has 5 heteroatoms. The summed E-state index contributed by atoms with van der Waals surface area (Å²) < 4.78 is 0. The molecule has 14 heavy (non-hydrogen) atoms. The lowest BCUT2D eigenvalue weighted by molar-refractivity contribution is 0.985. The number of rotatable bonds is 2. The van der Waals surface area contributed by atoms with E-state index in [4.69, 9.17) is 5.73 Å². The second-order valence-corrected chi connectivity index (χ2v) is 2.87. The number of fused-ring (bicyclic) bond motifs is 1. The van der Waals surface area contributed by atoms with Crippen LogP contribution in [0, 0.1) is 0 Å². The van der Waals surface area contributed by atoms with Crippen LogP contribution in [0.1, 0.15) is 0 Å². The molecule has 0 amide bonds. The molecule has 0 aliphatic rings. The Morgan fingerprint density at radius 3 is 2.93 bits per heavy atom. The van der Waals surface area contributed by atoms with E-state index in [1.807, 2.05) is 18.2 Å². The largest absolute Gasteiger partial charge is 0.383 e. The van der Waals surface area contributed by atoms with Crippen LogP contribution in [0.25, 0.3) is 10.9 Å². The molecule has 0 aliphatic heterocycles. The summed E-state index contributed by atoms with van der Waals surface area (Å²) in [7, 11) is 1.80. The van der Waals surface area contributed by atoms with Crippen LogP contribution < -0.4 is 16.6 Å². The molecule has 0 radical (unpaired) electrons. The number of hydrogen-bond donors (Lipinski definition) is 3. The fourth-order valence-corrected chi connectivity index (χ4v) is 1.30. The first-order valence-corrected chi connectivity index (χ1v) is 4.24. The van der Waals surface area contributed by atoms with Gasteiger partial charge in [-0.3, -0.25) is 0 Å². The maximum Gasteiger partial charge on any atom is 0.134 e. The number of nitrogens with two attached hydrogens (primary N) is 1. The molecule has 0 aliphatic carbocycles. The first-order chi connectivity index (χ1) is 6.81. The van der Waals surface area contributed by atoms with Crippen molar-refractivity contribution < 1.29 is 0 Å². The minimum Gasteiger partial charge on any atom is -0.383 e. The van der Waals surface area contributed by atoms with Gasteiger partial charge in [0.2, 0.25) is 0 Å². The van der Waals surface area contributed by atoms with E-state index < -0.39 is 0 Å². The van der Waals surface area contributed by atoms with E-state index >= 15 is 0 Å². The van der Waals surface area contributed by atoms with Crippen LogP contribution in [0.5, 0.6) is 0 Å². The summed E-state index contributed by atoms with van der Waals surface area (Å²) in [6.07, 6.45) is 1.46. The Balaban J connectivity index is 2.58. The van der Waals surface area contributed by atoms with Gasteiger partial charge in [0.25, 0.3) is 0 Å². The number of nitrogens with one attached hydrogen (secondary N) is 2. The minimum atomic E-state index is 0.495. The van der Waals surface area contributed by atoms with Gasteiger partial charge in [-0.25, -0.2) is 15.4 Å². The van der Waals surface area contributed by atoms with Gasteiger partial charge in [0.15, 0.2) is 0 Å². The topological polar surface area (TPSA) is 75.9 Å². The molecule has 0 bridgehead atoms. The van der Waals surface area contributed by atoms with Gasteiger partial charge in [0, 0.05) is 18.1 Å². The third kappa shape index (κ3) is 1.45. The molecule has 0 saturated carbocycles. The fraction of sp³-hybridized carbons (Fsp3) is 0.111. The van der Waals surface area contributed by atoms with E-state index in [0.717, 1.165) is 16.6 Å². The minimum absolute atomic E-state index is 0.495.